The highest BCUT2D eigenvalue weighted by Crippen LogP contribution is 2.38. The molecule has 3 atom stereocenters. The molecule has 0 bridgehead atoms. The Morgan fingerprint density at radius 3 is 2.44 bits per heavy atom. The Morgan fingerprint density at radius 2 is 1.81 bits per heavy atom. The summed E-state index contributed by atoms with van der Waals surface area (Å²) in [5.74, 6) is -1.40. The van der Waals surface area contributed by atoms with Crippen LogP contribution in [-0.2, 0) is 23.7 Å². The maximum absolute atomic E-state index is 11.5. The van der Waals surface area contributed by atoms with Crippen molar-refractivity contribution >= 4 is 5.97 Å². The highest BCUT2D eigenvalue weighted by Gasteiger charge is 2.37. The number of aliphatic carboxylic acids is 1. The number of carboxylic acids is 1. The van der Waals surface area contributed by atoms with E-state index in [4.69, 9.17) is 24.1 Å². The van der Waals surface area contributed by atoms with Crippen LogP contribution in [0.3, 0.4) is 0 Å². The third-order valence-electron chi connectivity index (χ3n) is 4.31. The predicted octanol–water partition coefficient (Wildman–Crippen LogP) is 2.16. The summed E-state index contributed by atoms with van der Waals surface area (Å²) in [6.45, 7) is 3.88. The van der Waals surface area contributed by atoms with Gasteiger partial charge in [0.05, 0.1) is 26.4 Å². The molecule has 2 rings (SSSR count). The van der Waals surface area contributed by atoms with Gasteiger partial charge in [-0.15, -0.1) is 0 Å². The van der Waals surface area contributed by atoms with Crippen LogP contribution in [0.15, 0.2) is 42.2 Å². The van der Waals surface area contributed by atoms with Gasteiger partial charge in [0.1, 0.15) is 0 Å². The van der Waals surface area contributed by atoms with Crippen LogP contribution in [0.1, 0.15) is 24.8 Å². The van der Waals surface area contributed by atoms with E-state index in [9.17, 15) is 9.90 Å². The van der Waals surface area contributed by atoms with E-state index in [2.05, 4.69) is 0 Å². The van der Waals surface area contributed by atoms with Gasteiger partial charge in [0.25, 0.3) is 0 Å². The number of allylic oxidation sites excluding steroid dienone is 1. The quantitative estimate of drug-likeness (QED) is 0.537. The van der Waals surface area contributed by atoms with E-state index in [1.807, 2.05) is 37.3 Å². The van der Waals surface area contributed by atoms with Crippen LogP contribution in [0.25, 0.3) is 0 Å². The number of aliphatic hydroxyl groups is 1. The summed E-state index contributed by atoms with van der Waals surface area (Å²) in [5, 5.41) is 18.1. The summed E-state index contributed by atoms with van der Waals surface area (Å²) in [6.07, 6.45) is 1.65. The largest absolute Gasteiger partial charge is 0.475 e. The van der Waals surface area contributed by atoms with E-state index in [1.165, 1.54) is 0 Å². The van der Waals surface area contributed by atoms with Crippen molar-refractivity contribution in [3.05, 3.63) is 47.7 Å². The molecule has 0 fully saturated rings. The molecule has 7 nitrogen and oxygen atoms in total. The van der Waals surface area contributed by atoms with E-state index in [0.29, 0.717) is 39.5 Å². The Bertz CT molecular complexity index is 587. The van der Waals surface area contributed by atoms with E-state index >= 15 is 0 Å². The molecule has 1 aromatic rings. The first-order valence-corrected chi connectivity index (χ1v) is 9.22. The van der Waals surface area contributed by atoms with E-state index in [-0.39, 0.29) is 24.2 Å². The average Bonchev–Trinajstić information content (AvgIpc) is 2.68. The maximum Gasteiger partial charge on any atom is 0.370 e. The monoisotopic (exact) mass is 380 g/mol. The number of hydrogen-bond donors (Lipinski definition) is 2. The first kappa shape index (κ1) is 21.4. The summed E-state index contributed by atoms with van der Waals surface area (Å²) in [7, 11) is 0. The van der Waals surface area contributed by atoms with Crippen molar-refractivity contribution in [3.63, 3.8) is 0 Å². The Kier molecular flexibility index (Phi) is 9.27. The number of aliphatic hydroxyl groups excluding tert-OH is 1. The van der Waals surface area contributed by atoms with Gasteiger partial charge < -0.3 is 29.2 Å². The molecule has 0 radical (unpaired) electrons. The minimum Gasteiger partial charge on any atom is -0.475 e. The number of rotatable bonds is 12. The molecule has 0 saturated carbocycles. The Labute approximate surface area is 159 Å². The van der Waals surface area contributed by atoms with Crippen LogP contribution < -0.4 is 0 Å². The van der Waals surface area contributed by atoms with Crippen molar-refractivity contribution in [2.24, 2.45) is 5.92 Å². The van der Waals surface area contributed by atoms with Crippen molar-refractivity contribution in [1.82, 2.24) is 0 Å². The standard InChI is InChI=1S/C20H28O7/c1-2-26-20-16(8-10-24-12-13-25-11-9-21)17(14-18(27-20)19(22)23)15-6-4-3-5-7-15/h3-7,14,16-17,20-21H,2,8-13H2,1H3,(H,22,23). The Morgan fingerprint density at radius 1 is 1.11 bits per heavy atom. The molecule has 0 saturated heterocycles. The van der Waals surface area contributed by atoms with E-state index in [1.54, 1.807) is 6.08 Å². The molecular formula is C20H28O7. The summed E-state index contributed by atoms with van der Waals surface area (Å²) >= 11 is 0. The Hall–Kier alpha value is -1.93. The number of carbonyl (C=O) groups is 1. The lowest BCUT2D eigenvalue weighted by Gasteiger charge is -2.36. The van der Waals surface area contributed by atoms with Crippen molar-refractivity contribution in [2.75, 3.05) is 39.6 Å². The summed E-state index contributed by atoms with van der Waals surface area (Å²) in [4.78, 5) is 11.5. The van der Waals surface area contributed by atoms with Crippen molar-refractivity contribution in [1.29, 1.82) is 0 Å². The zero-order chi connectivity index (χ0) is 19.5. The first-order chi connectivity index (χ1) is 13.2. The van der Waals surface area contributed by atoms with Crippen molar-refractivity contribution in [2.45, 2.75) is 25.6 Å². The molecule has 3 unspecified atom stereocenters. The second-order valence-corrected chi connectivity index (χ2v) is 6.12. The van der Waals surface area contributed by atoms with Crippen LogP contribution in [0.5, 0.6) is 0 Å². The molecule has 0 aliphatic carbocycles. The van der Waals surface area contributed by atoms with Gasteiger partial charge in [-0.2, -0.15) is 0 Å². The summed E-state index contributed by atoms with van der Waals surface area (Å²) in [5.41, 5.74) is 1.01. The number of ether oxygens (including phenoxy) is 4. The Balaban J connectivity index is 2.07. The SMILES string of the molecule is CCOC1OC(C(=O)O)=CC(c2ccccc2)C1CCOCCOCCO. The van der Waals surface area contributed by atoms with Crippen LogP contribution in [0.2, 0.25) is 0 Å². The average molecular weight is 380 g/mol. The minimum absolute atomic E-state index is 0.00749. The highest BCUT2D eigenvalue weighted by molar-refractivity contribution is 5.84. The molecule has 0 spiro atoms. The molecule has 7 heteroatoms. The number of hydrogen-bond acceptors (Lipinski definition) is 6. The molecule has 1 heterocycles. The normalized spacial score (nSPS) is 22.1. The second kappa shape index (κ2) is 11.7. The zero-order valence-electron chi connectivity index (χ0n) is 15.6. The van der Waals surface area contributed by atoms with Gasteiger partial charge in [-0.05, 0) is 25.0 Å². The van der Waals surface area contributed by atoms with Gasteiger partial charge in [-0.25, -0.2) is 4.79 Å². The predicted molar refractivity (Wildman–Crippen MR) is 98.2 cm³/mol. The van der Waals surface area contributed by atoms with Gasteiger partial charge in [0.2, 0.25) is 12.0 Å². The van der Waals surface area contributed by atoms with E-state index in [0.717, 1.165) is 5.56 Å². The van der Waals surface area contributed by atoms with Gasteiger partial charge in [-0.3, -0.25) is 0 Å². The maximum atomic E-state index is 11.5. The van der Waals surface area contributed by atoms with Gasteiger partial charge in [0.15, 0.2) is 0 Å². The van der Waals surface area contributed by atoms with Crippen LogP contribution >= 0.6 is 0 Å². The lowest BCUT2D eigenvalue weighted by molar-refractivity contribution is -0.174. The molecule has 0 amide bonds. The number of carboxylic acid groups (broad SMARTS) is 1. The fourth-order valence-corrected chi connectivity index (χ4v) is 3.09. The lowest BCUT2D eigenvalue weighted by atomic mass is 9.81. The number of benzene rings is 1. The molecule has 150 valence electrons. The summed E-state index contributed by atoms with van der Waals surface area (Å²) in [6, 6.07) is 9.74. The van der Waals surface area contributed by atoms with Gasteiger partial charge in [-0.1, -0.05) is 30.3 Å². The van der Waals surface area contributed by atoms with Crippen LogP contribution in [-0.4, -0.2) is 62.1 Å². The van der Waals surface area contributed by atoms with Crippen molar-refractivity contribution < 1.29 is 34.0 Å². The molecular weight excluding hydrogens is 352 g/mol. The topological polar surface area (TPSA) is 94.5 Å². The van der Waals surface area contributed by atoms with Crippen LogP contribution in [0.4, 0.5) is 0 Å². The second-order valence-electron chi connectivity index (χ2n) is 6.12. The zero-order valence-corrected chi connectivity index (χ0v) is 15.6. The molecule has 0 aromatic heterocycles. The molecule has 1 aliphatic heterocycles. The van der Waals surface area contributed by atoms with E-state index < -0.39 is 12.3 Å². The molecule has 27 heavy (non-hydrogen) atoms. The van der Waals surface area contributed by atoms with Crippen LogP contribution in [0, 0.1) is 5.92 Å². The smallest absolute Gasteiger partial charge is 0.370 e. The molecule has 1 aromatic carbocycles. The fraction of sp³-hybridized carbons (Fsp3) is 0.550. The molecule has 2 N–H and O–H groups in total. The molecule has 1 aliphatic rings. The summed E-state index contributed by atoms with van der Waals surface area (Å²) < 4.78 is 22.1. The third-order valence-corrected chi connectivity index (χ3v) is 4.31. The fourth-order valence-electron chi connectivity index (χ4n) is 3.09. The minimum atomic E-state index is -1.10. The first-order valence-electron chi connectivity index (χ1n) is 9.22. The third kappa shape index (κ3) is 6.62. The lowest BCUT2D eigenvalue weighted by Crippen LogP contribution is -2.37. The van der Waals surface area contributed by atoms with Gasteiger partial charge >= 0.3 is 5.97 Å². The van der Waals surface area contributed by atoms with Crippen molar-refractivity contribution in [3.8, 4) is 0 Å². The van der Waals surface area contributed by atoms with Gasteiger partial charge in [0, 0.05) is 25.0 Å². The highest BCUT2D eigenvalue weighted by atomic mass is 16.7.